The first-order chi connectivity index (χ1) is 13.8. The van der Waals surface area contributed by atoms with Crippen molar-refractivity contribution in [2.24, 2.45) is 0 Å². The van der Waals surface area contributed by atoms with Crippen molar-refractivity contribution in [3.63, 3.8) is 0 Å². The van der Waals surface area contributed by atoms with Crippen molar-refractivity contribution < 1.29 is 13.9 Å². The lowest BCUT2D eigenvalue weighted by Gasteiger charge is -2.26. The Labute approximate surface area is 166 Å². The lowest BCUT2D eigenvalue weighted by molar-refractivity contribution is 0.287. The summed E-state index contributed by atoms with van der Waals surface area (Å²) in [4.78, 5) is 0. The molecule has 0 radical (unpaired) electrons. The van der Waals surface area contributed by atoms with Gasteiger partial charge in [0.1, 0.15) is 5.58 Å². The predicted octanol–water partition coefficient (Wildman–Crippen LogP) is 5.52. The first-order valence-electron chi connectivity index (χ1n) is 10.0. The molecule has 1 N–H and O–H groups in total. The summed E-state index contributed by atoms with van der Waals surface area (Å²) < 4.78 is 17.0. The van der Waals surface area contributed by atoms with Gasteiger partial charge in [0.2, 0.25) is 0 Å². The third-order valence-electron chi connectivity index (χ3n) is 5.23. The summed E-state index contributed by atoms with van der Waals surface area (Å²) in [5.74, 6) is 1.65. The van der Waals surface area contributed by atoms with Gasteiger partial charge in [0, 0.05) is 11.9 Å². The fourth-order valence-corrected chi connectivity index (χ4v) is 3.66. The molecule has 0 saturated carbocycles. The number of nitrogens with one attached hydrogen (secondary N) is 1. The second kappa shape index (κ2) is 8.53. The third-order valence-corrected chi connectivity index (χ3v) is 5.23. The minimum Gasteiger partial charge on any atom is -0.493 e. The first-order valence-corrected chi connectivity index (χ1v) is 10.0. The monoisotopic (exact) mass is 377 g/mol. The molecular formula is C24H27NO3. The van der Waals surface area contributed by atoms with E-state index in [2.05, 4.69) is 48.7 Å². The number of unbranched alkanes of at least 4 members (excludes halogenated alkanes) is 1. The molecular weight excluding hydrogens is 350 g/mol. The van der Waals surface area contributed by atoms with E-state index < -0.39 is 0 Å². The maximum atomic E-state index is 5.96. The summed E-state index contributed by atoms with van der Waals surface area (Å²) in [6.07, 6.45) is 9.27. The molecule has 4 heteroatoms. The van der Waals surface area contributed by atoms with E-state index in [1.807, 2.05) is 12.1 Å². The van der Waals surface area contributed by atoms with Gasteiger partial charge in [-0.05, 0) is 59.9 Å². The van der Waals surface area contributed by atoms with Crippen LogP contribution in [-0.2, 0) is 6.42 Å². The average Bonchev–Trinajstić information content (AvgIpc) is 3.19. The highest BCUT2D eigenvalue weighted by molar-refractivity contribution is 5.80. The Bertz CT molecular complexity index is 973. The molecule has 2 heterocycles. The quantitative estimate of drug-likeness (QED) is 0.551. The average molecular weight is 377 g/mol. The van der Waals surface area contributed by atoms with Crippen molar-refractivity contribution >= 4 is 17.0 Å². The fourth-order valence-electron chi connectivity index (χ4n) is 3.66. The van der Waals surface area contributed by atoms with Crippen LogP contribution in [0.4, 0.5) is 0 Å². The summed E-state index contributed by atoms with van der Waals surface area (Å²) in [5.41, 5.74) is 4.66. The normalized spacial score (nSPS) is 16.4. The maximum Gasteiger partial charge on any atom is 0.161 e. The van der Waals surface area contributed by atoms with Crippen LogP contribution in [0.25, 0.3) is 17.0 Å². The molecule has 28 heavy (non-hydrogen) atoms. The Kier molecular flexibility index (Phi) is 5.68. The van der Waals surface area contributed by atoms with Gasteiger partial charge in [-0.3, -0.25) is 0 Å². The van der Waals surface area contributed by atoms with Crippen molar-refractivity contribution in [2.75, 3.05) is 20.3 Å². The van der Waals surface area contributed by atoms with Gasteiger partial charge in [0.05, 0.1) is 26.0 Å². The van der Waals surface area contributed by atoms with Crippen LogP contribution in [0.2, 0.25) is 0 Å². The molecule has 146 valence electrons. The molecule has 1 unspecified atom stereocenters. The van der Waals surface area contributed by atoms with Crippen molar-refractivity contribution in [3.05, 3.63) is 65.4 Å². The molecule has 0 spiro atoms. The predicted molar refractivity (Wildman–Crippen MR) is 113 cm³/mol. The molecule has 4 rings (SSSR count). The van der Waals surface area contributed by atoms with E-state index in [1.165, 1.54) is 11.1 Å². The third kappa shape index (κ3) is 3.92. The fraction of sp³-hybridized carbons (Fsp3) is 0.333. The van der Waals surface area contributed by atoms with Gasteiger partial charge in [0.25, 0.3) is 0 Å². The molecule has 0 amide bonds. The van der Waals surface area contributed by atoms with Gasteiger partial charge < -0.3 is 19.2 Å². The maximum absolute atomic E-state index is 5.96. The van der Waals surface area contributed by atoms with E-state index in [4.69, 9.17) is 13.9 Å². The molecule has 1 aromatic heterocycles. The Morgan fingerprint density at radius 2 is 2.11 bits per heavy atom. The van der Waals surface area contributed by atoms with Crippen LogP contribution < -0.4 is 14.8 Å². The van der Waals surface area contributed by atoms with Crippen LogP contribution in [0.3, 0.4) is 0 Å². The molecule has 3 aromatic rings. The number of hydrogen-bond donors (Lipinski definition) is 1. The lowest BCUT2D eigenvalue weighted by Crippen LogP contribution is -2.28. The second-order valence-corrected chi connectivity index (χ2v) is 7.16. The molecule has 0 bridgehead atoms. The molecule has 4 nitrogen and oxygen atoms in total. The number of furan rings is 1. The highest BCUT2D eigenvalue weighted by Crippen LogP contribution is 2.36. The Morgan fingerprint density at radius 3 is 2.96 bits per heavy atom. The van der Waals surface area contributed by atoms with Crippen LogP contribution in [0.5, 0.6) is 11.5 Å². The first kappa shape index (κ1) is 18.6. The molecule has 0 saturated heterocycles. The zero-order valence-corrected chi connectivity index (χ0v) is 16.5. The number of benzene rings is 2. The summed E-state index contributed by atoms with van der Waals surface area (Å²) in [6, 6.07) is 12.7. The summed E-state index contributed by atoms with van der Waals surface area (Å²) in [6.45, 7) is 3.84. The Hall–Kier alpha value is -2.72. The van der Waals surface area contributed by atoms with E-state index in [0.717, 1.165) is 60.4 Å². The summed E-state index contributed by atoms with van der Waals surface area (Å²) in [7, 11) is 1.70. The van der Waals surface area contributed by atoms with Crippen LogP contribution in [0, 0.1) is 0 Å². The number of methoxy groups -OCH3 is 1. The standard InChI is InChI=1S/C24H27NO3/c1-3-4-12-27-24-15-18-9-11-25-21(20(18)16-23(24)26-2)7-5-17-6-8-22-19(14-17)10-13-28-22/h5-8,10,13-16,21,25H,3-4,9,11-12H2,1-2H3/b7-5+. The van der Waals surface area contributed by atoms with E-state index >= 15 is 0 Å². The highest BCUT2D eigenvalue weighted by atomic mass is 16.5. The smallest absolute Gasteiger partial charge is 0.161 e. The van der Waals surface area contributed by atoms with Gasteiger partial charge >= 0.3 is 0 Å². The van der Waals surface area contributed by atoms with Crippen molar-refractivity contribution in [1.82, 2.24) is 5.32 Å². The van der Waals surface area contributed by atoms with Crippen LogP contribution in [0.1, 0.15) is 42.5 Å². The molecule has 2 aromatic carbocycles. The van der Waals surface area contributed by atoms with Gasteiger partial charge in [-0.25, -0.2) is 0 Å². The topological polar surface area (TPSA) is 43.6 Å². The largest absolute Gasteiger partial charge is 0.493 e. The van der Waals surface area contributed by atoms with Gasteiger partial charge in [-0.2, -0.15) is 0 Å². The molecule has 1 aliphatic heterocycles. The van der Waals surface area contributed by atoms with Crippen molar-refractivity contribution in [1.29, 1.82) is 0 Å². The van der Waals surface area contributed by atoms with Gasteiger partial charge in [0.15, 0.2) is 11.5 Å². The van der Waals surface area contributed by atoms with Gasteiger partial charge in [-0.1, -0.05) is 31.6 Å². The SMILES string of the molecule is CCCCOc1cc2c(cc1OC)C(/C=C/c1ccc3occc3c1)NCC2. The zero-order chi connectivity index (χ0) is 19.3. The molecule has 1 aliphatic rings. The Morgan fingerprint density at radius 1 is 1.18 bits per heavy atom. The highest BCUT2D eigenvalue weighted by Gasteiger charge is 2.21. The lowest BCUT2D eigenvalue weighted by atomic mass is 9.93. The number of hydrogen-bond acceptors (Lipinski definition) is 4. The van der Waals surface area contributed by atoms with Crippen molar-refractivity contribution in [3.8, 4) is 11.5 Å². The number of fused-ring (bicyclic) bond motifs is 2. The molecule has 0 aliphatic carbocycles. The zero-order valence-electron chi connectivity index (χ0n) is 16.5. The van der Waals surface area contributed by atoms with Crippen molar-refractivity contribution in [2.45, 2.75) is 32.2 Å². The molecule has 0 fully saturated rings. The molecule has 1 atom stereocenters. The van der Waals surface area contributed by atoms with Gasteiger partial charge in [-0.15, -0.1) is 0 Å². The number of rotatable bonds is 7. The Balaban J connectivity index is 1.58. The van der Waals surface area contributed by atoms with Crippen LogP contribution in [0.15, 0.2) is 53.2 Å². The van der Waals surface area contributed by atoms with Crippen LogP contribution >= 0.6 is 0 Å². The van der Waals surface area contributed by atoms with E-state index in [-0.39, 0.29) is 6.04 Å². The minimum atomic E-state index is 0.155. The van der Waals surface area contributed by atoms with E-state index in [1.54, 1.807) is 13.4 Å². The van der Waals surface area contributed by atoms with E-state index in [0.29, 0.717) is 0 Å². The minimum absolute atomic E-state index is 0.155. The van der Waals surface area contributed by atoms with E-state index in [9.17, 15) is 0 Å². The summed E-state index contributed by atoms with van der Waals surface area (Å²) >= 11 is 0. The second-order valence-electron chi connectivity index (χ2n) is 7.16. The number of ether oxygens (including phenoxy) is 2. The van der Waals surface area contributed by atoms with Crippen LogP contribution in [-0.4, -0.2) is 20.3 Å². The summed E-state index contributed by atoms with van der Waals surface area (Å²) in [5, 5.41) is 4.72.